The van der Waals surface area contributed by atoms with E-state index in [2.05, 4.69) is 23.3 Å². The Hall–Kier alpha value is -3.16. The Labute approximate surface area is 195 Å². The second-order valence-corrected chi connectivity index (χ2v) is 7.62. The molecule has 3 amide bonds. The Balaban J connectivity index is 2.99. The second kappa shape index (κ2) is 13.4. The Morgan fingerprint density at radius 1 is 0.909 bits per heavy atom. The molecule has 0 aliphatic heterocycles. The number of nitrogens with one attached hydrogen (secondary N) is 3. The molecule has 5 unspecified atom stereocenters. The summed E-state index contributed by atoms with van der Waals surface area (Å²) in [6.45, 7) is 1.31. The molecule has 1 rings (SSSR count). The molecule has 33 heavy (non-hydrogen) atoms. The maximum atomic E-state index is 12.9. The lowest BCUT2D eigenvalue weighted by Crippen LogP contribution is -2.59. The van der Waals surface area contributed by atoms with E-state index < -0.39 is 66.4 Å². The minimum Gasteiger partial charge on any atom is -0.481 e. The number of nitrogens with two attached hydrogens (primary N) is 1. The van der Waals surface area contributed by atoms with Crippen molar-refractivity contribution in [3.63, 3.8) is 0 Å². The van der Waals surface area contributed by atoms with E-state index in [1.54, 1.807) is 30.3 Å². The first-order chi connectivity index (χ1) is 15.5. The molecule has 0 fully saturated rings. The number of hydrogen-bond donors (Lipinski definition) is 8. The Bertz CT molecular complexity index is 852. The van der Waals surface area contributed by atoms with Crippen LogP contribution in [0, 0.1) is 0 Å². The molecule has 8 N–H and O–H groups in total. The quantitative estimate of drug-likeness (QED) is 0.144. The maximum Gasteiger partial charge on any atom is 0.326 e. The van der Waals surface area contributed by atoms with Gasteiger partial charge in [0.15, 0.2) is 0 Å². The van der Waals surface area contributed by atoms with Gasteiger partial charge in [-0.25, -0.2) is 4.79 Å². The molecular weight excluding hydrogens is 456 g/mol. The Morgan fingerprint density at radius 2 is 1.42 bits per heavy atom. The molecule has 0 heterocycles. The number of hydrogen-bond acceptors (Lipinski definition) is 8. The number of aliphatic hydroxyl groups is 1. The molecule has 12 nitrogen and oxygen atoms in total. The van der Waals surface area contributed by atoms with Gasteiger partial charge in [0.25, 0.3) is 0 Å². The van der Waals surface area contributed by atoms with E-state index in [1.807, 2.05) is 5.32 Å². The van der Waals surface area contributed by atoms with Crippen LogP contribution in [0.1, 0.15) is 18.9 Å². The fourth-order valence-electron chi connectivity index (χ4n) is 2.66. The lowest BCUT2D eigenvalue weighted by atomic mass is 10.0. The van der Waals surface area contributed by atoms with Gasteiger partial charge in [0.2, 0.25) is 17.7 Å². The van der Waals surface area contributed by atoms with Crippen LogP contribution in [0.5, 0.6) is 0 Å². The smallest absolute Gasteiger partial charge is 0.326 e. The monoisotopic (exact) mass is 484 g/mol. The standard InChI is InChI=1S/C20H28N4O8S/c1-10(25)16(21)19(30)22-12(7-11-5-3-2-4-6-11)17(28)24-14(9-33)18(29)23-13(20(31)32)8-15(26)27/h2-6,10,12-14,16,25,33H,7-9,21H2,1H3,(H,22,30)(H,23,29)(H,24,28)(H,26,27)(H,31,32). The van der Waals surface area contributed by atoms with Crippen molar-refractivity contribution in [3.05, 3.63) is 35.9 Å². The molecule has 13 heteroatoms. The van der Waals surface area contributed by atoms with Crippen molar-refractivity contribution in [2.75, 3.05) is 5.75 Å². The van der Waals surface area contributed by atoms with Gasteiger partial charge >= 0.3 is 11.9 Å². The zero-order chi connectivity index (χ0) is 25.1. The molecule has 1 aromatic rings. The summed E-state index contributed by atoms with van der Waals surface area (Å²) < 4.78 is 0. The summed E-state index contributed by atoms with van der Waals surface area (Å²) in [5, 5.41) is 34.3. The highest BCUT2D eigenvalue weighted by Gasteiger charge is 2.31. The number of aliphatic carboxylic acids is 2. The van der Waals surface area contributed by atoms with E-state index in [0.29, 0.717) is 5.56 Å². The van der Waals surface area contributed by atoms with Crippen LogP contribution < -0.4 is 21.7 Å². The summed E-state index contributed by atoms with van der Waals surface area (Å²) >= 11 is 3.99. The van der Waals surface area contributed by atoms with Gasteiger partial charge in [0, 0.05) is 12.2 Å². The lowest BCUT2D eigenvalue weighted by Gasteiger charge is -2.25. The van der Waals surface area contributed by atoms with E-state index in [1.165, 1.54) is 6.92 Å². The molecule has 0 saturated heterocycles. The first-order valence-electron chi connectivity index (χ1n) is 9.90. The van der Waals surface area contributed by atoms with E-state index in [4.69, 9.17) is 15.9 Å². The minimum atomic E-state index is -1.71. The highest BCUT2D eigenvalue weighted by atomic mass is 32.1. The van der Waals surface area contributed by atoms with Crippen LogP contribution in [0.4, 0.5) is 0 Å². The fraction of sp³-hybridized carbons (Fsp3) is 0.450. The Kier molecular flexibility index (Phi) is 11.3. The number of amides is 3. The predicted octanol–water partition coefficient (Wildman–Crippen LogP) is -2.12. The third-order valence-electron chi connectivity index (χ3n) is 4.55. The highest BCUT2D eigenvalue weighted by molar-refractivity contribution is 7.80. The minimum absolute atomic E-state index is 0.0304. The van der Waals surface area contributed by atoms with Crippen molar-refractivity contribution in [1.29, 1.82) is 0 Å². The van der Waals surface area contributed by atoms with Crippen molar-refractivity contribution < 1.29 is 39.3 Å². The number of thiol groups is 1. The number of rotatable bonds is 13. The van der Waals surface area contributed by atoms with E-state index in [-0.39, 0.29) is 12.2 Å². The molecule has 0 spiro atoms. The SMILES string of the molecule is CC(O)C(N)C(=O)NC(Cc1ccccc1)C(=O)NC(CS)C(=O)NC(CC(=O)O)C(=O)O. The van der Waals surface area contributed by atoms with Gasteiger partial charge in [-0.15, -0.1) is 0 Å². The van der Waals surface area contributed by atoms with Gasteiger partial charge < -0.3 is 37.0 Å². The summed E-state index contributed by atoms with van der Waals surface area (Å²) in [6.07, 6.45) is -2.01. The van der Waals surface area contributed by atoms with Crippen LogP contribution in [-0.2, 0) is 30.4 Å². The molecule has 0 radical (unpaired) electrons. The summed E-state index contributed by atoms with van der Waals surface area (Å²) in [4.78, 5) is 59.6. The lowest BCUT2D eigenvalue weighted by molar-refractivity contribution is -0.147. The second-order valence-electron chi connectivity index (χ2n) is 7.26. The van der Waals surface area contributed by atoms with Gasteiger partial charge in [0.05, 0.1) is 12.5 Å². The largest absolute Gasteiger partial charge is 0.481 e. The normalized spacial score (nSPS) is 15.3. The molecule has 0 aliphatic carbocycles. The maximum absolute atomic E-state index is 12.9. The first kappa shape index (κ1) is 27.9. The molecule has 0 bridgehead atoms. The van der Waals surface area contributed by atoms with Crippen molar-refractivity contribution in [2.24, 2.45) is 5.73 Å². The average molecular weight is 485 g/mol. The summed E-state index contributed by atoms with van der Waals surface area (Å²) in [5.74, 6) is -5.77. The van der Waals surface area contributed by atoms with E-state index in [9.17, 15) is 29.1 Å². The van der Waals surface area contributed by atoms with Crippen LogP contribution >= 0.6 is 12.6 Å². The number of carbonyl (C=O) groups is 5. The van der Waals surface area contributed by atoms with Gasteiger partial charge in [-0.3, -0.25) is 19.2 Å². The van der Waals surface area contributed by atoms with Gasteiger partial charge in [-0.05, 0) is 12.5 Å². The molecule has 182 valence electrons. The predicted molar refractivity (Wildman–Crippen MR) is 119 cm³/mol. The van der Waals surface area contributed by atoms with Gasteiger partial charge in [-0.2, -0.15) is 12.6 Å². The zero-order valence-corrected chi connectivity index (χ0v) is 18.7. The van der Waals surface area contributed by atoms with Crippen molar-refractivity contribution in [2.45, 2.75) is 50.0 Å². The highest BCUT2D eigenvalue weighted by Crippen LogP contribution is 2.06. The van der Waals surface area contributed by atoms with Crippen LogP contribution in [0.3, 0.4) is 0 Å². The van der Waals surface area contributed by atoms with Gasteiger partial charge in [0.1, 0.15) is 24.2 Å². The summed E-state index contributed by atoms with van der Waals surface area (Å²) in [7, 11) is 0. The number of benzene rings is 1. The third kappa shape index (κ3) is 9.47. The number of carbonyl (C=O) groups excluding carboxylic acids is 3. The Morgan fingerprint density at radius 3 is 1.91 bits per heavy atom. The average Bonchev–Trinajstić information content (AvgIpc) is 2.75. The van der Waals surface area contributed by atoms with Crippen LogP contribution in [0.25, 0.3) is 0 Å². The molecule has 0 aliphatic rings. The van der Waals surface area contributed by atoms with Crippen molar-refractivity contribution in [1.82, 2.24) is 16.0 Å². The first-order valence-corrected chi connectivity index (χ1v) is 10.5. The van der Waals surface area contributed by atoms with Crippen LogP contribution in [0.2, 0.25) is 0 Å². The van der Waals surface area contributed by atoms with E-state index in [0.717, 1.165) is 0 Å². The van der Waals surface area contributed by atoms with Crippen LogP contribution in [-0.4, -0.2) is 81.0 Å². The number of carboxylic acid groups (broad SMARTS) is 2. The molecule has 5 atom stereocenters. The molecular formula is C20H28N4O8S. The molecule has 1 aromatic carbocycles. The molecule has 0 saturated carbocycles. The van der Waals surface area contributed by atoms with E-state index >= 15 is 0 Å². The topological polar surface area (TPSA) is 208 Å². The fourth-order valence-corrected chi connectivity index (χ4v) is 2.92. The molecule has 0 aromatic heterocycles. The van der Waals surface area contributed by atoms with Gasteiger partial charge in [-0.1, -0.05) is 30.3 Å². The number of aliphatic hydroxyl groups excluding tert-OH is 1. The number of carboxylic acids is 2. The van der Waals surface area contributed by atoms with Crippen molar-refractivity contribution >= 4 is 42.3 Å². The zero-order valence-electron chi connectivity index (χ0n) is 17.8. The third-order valence-corrected chi connectivity index (χ3v) is 4.91. The van der Waals surface area contributed by atoms with Crippen molar-refractivity contribution in [3.8, 4) is 0 Å². The summed E-state index contributed by atoms with van der Waals surface area (Å²) in [5.41, 5.74) is 6.31. The summed E-state index contributed by atoms with van der Waals surface area (Å²) in [6, 6.07) is 3.13. The van der Waals surface area contributed by atoms with Crippen LogP contribution in [0.15, 0.2) is 30.3 Å².